The van der Waals surface area contributed by atoms with Gasteiger partial charge in [-0.25, -0.2) is 19.3 Å². The molecule has 4 aliphatic rings. The largest absolute Gasteiger partial charge is 0.443 e. The summed E-state index contributed by atoms with van der Waals surface area (Å²) in [5, 5.41) is 21.0. The Morgan fingerprint density at radius 3 is 2.03 bits per heavy atom. The Kier molecular flexibility index (Phi) is 11.8. The fraction of sp³-hybridized carbons (Fsp3) is 0.462. The molecule has 0 amide bonds. The summed E-state index contributed by atoms with van der Waals surface area (Å²) >= 11 is 1.64. The van der Waals surface area contributed by atoms with Crippen molar-refractivity contribution in [1.82, 2.24) is 29.8 Å². The molecule has 14 nitrogen and oxygen atoms in total. The second kappa shape index (κ2) is 17.5. The van der Waals surface area contributed by atoms with Crippen LogP contribution in [0, 0.1) is 27.7 Å². The highest BCUT2D eigenvalue weighted by molar-refractivity contribution is 7.98. The minimum absolute atomic E-state index is 0.109. The van der Waals surface area contributed by atoms with Crippen molar-refractivity contribution in [3.05, 3.63) is 99.8 Å². The van der Waals surface area contributed by atoms with Crippen molar-refractivity contribution < 1.29 is 38.0 Å². The number of ketones is 1. The van der Waals surface area contributed by atoms with E-state index in [9.17, 15) is 14.7 Å². The van der Waals surface area contributed by atoms with Gasteiger partial charge in [0.25, 0.3) is 0 Å². The zero-order valence-electron chi connectivity index (χ0n) is 39.4. The van der Waals surface area contributed by atoms with Crippen molar-refractivity contribution in [3.63, 3.8) is 0 Å². The first-order chi connectivity index (χ1) is 32.1. The average Bonchev–Trinajstić information content (AvgIpc) is 3.84. The molecule has 2 N–H and O–H groups in total. The number of benzene rings is 3. The maximum absolute atomic E-state index is 13.5. The molecule has 11 rings (SSSR count). The van der Waals surface area contributed by atoms with Gasteiger partial charge in [-0.3, -0.25) is 4.79 Å². The first-order valence-electron chi connectivity index (χ1n) is 23.5. The molecule has 0 radical (unpaired) electrons. The Balaban J connectivity index is 0.000000157. The molecule has 3 aromatic carbocycles. The molecule has 2 aliphatic carbocycles. The fourth-order valence-electron chi connectivity index (χ4n) is 9.87. The van der Waals surface area contributed by atoms with E-state index in [1.165, 1.54) is 0 Å². The number of aliphatic hydroxyl groups is 1. The summed E-state index contributed by atoms with van der Waals surface area (Å²) < 4.78 is 30.1. The lowest BCUT2D eigenvalue weighted by Crippen LogP contribution is -2.41. The molecule has 0 bridgehead atoms. The number of nitrogens with one attached hydrogen (secondary N) is 1. The summed E-state index contributed by atoms with van der Waals surface area (Å²) in [4.78, 5) is 41.3. The lowest BCUT2D eigenvalue weighted by Gasteiger charge is -2.36. The van der Waals surface area contributed by atoms with Crippen LogP contribution in [0.25, 0.3) is 44.3 Å². The predicted octanol–water partition coefficient (Wildman–Crippen LogP) is 11.2. The number of aryl methyl sites for hydroxylation is 4. The molecule has 2 aliphatic heterocycles. The van der Waals surface area contributed by atoms with E-state index < -0.39 is 23.4 Å². The summed E-state index contributed by atoms with van der Waals surface area (Å²) in [6.07, 6.45) is 8.16. The van der Waals surface area contributed by atoms with E-state index >= 15 is 0 Å². The Morgan fingerprint density at radius 1 is 0.791 bits per heavy atom. The normalized spacial score (nSPS) is 19.5. The van der Waals surface area contributed by atoms with Gasteiger partial charge in [0.15, 0.2) is 5.78 Å². The monoisotopic (exact) mass is 926 g/mol. The smallest absolute Gasteiger partial charge is 0.420 e. The average molecular weight is 927 g/mol. The number of thioether (sulfide) groups is 1. The van der Waals surface area contributed by atoms with Crippen LogP contribution in [-0.2, 0) is 19.8 Å². The third-order valence-corrected chi connectivity index (χ3v) is 14.1. The van der Waals surface area contributed by atoms with Crippen LogP contribution in [0.3, 0.4) is 0 Å². The van der Waals surface area contributed by atoms with Gasteiger partial charge in [-0.1, -0.05) is 28.5 Å². The van der Waals surface area contributed by atoms with Gasteiger partial charge in [0.05, 0.1) is 34.0 Å². The molecule has 350 valence electrons. The molecule has 2 saturated carbocycles. The van der Waals surface area contributed by atoms with E-state index in [1.807, 2.05) is 85.1 Å². The summed E-state index contributed by atoms with van der Waals surface area (Å²) in [7, 11) is 0. The number of H-pyrrole nitrogens is 1. The minimum Gasteiger partial charge on any atom is -0.443 e. The molecule has 7 aromatic rings. The summed E-state index contributed by atoms with van der Waals surface area (Å²) in [5.74, 6) is 3.59. The molecule has 6 heterocycles. The second-order valence-corrected chi connectivity index (χ2v) is 20.3. The van der Waals surface area contributed by atoms with Gasteiger partial charge in [0.2, 0.25) is 0 Å². The number of fused-ring (bicyclic) bond motifs is 2. The van der Waals surface area contributed by atoms with Crippen LogP contribution < -0.4 is 0 Å². The molecule has 4 aromatic heterocycles. The number of nitrogens with zero attached hydrogens (tertiary/aromatic N) is 5. The molecular formula is C52H58N6O8S. The van der Waals surface area contributed by atoms with Crippen molar-refractivity contribution in [2.75, 3.05) is 19.5 Å². The van der Waals surface area contributed by atoms with Crippen LogP contribution in [0.5, 0.6) is 0 Å². The Morgan fingerprint density at radius 2 is 1.45 bits per heavy atom. The number of hydrogen-bond donors (Lipinski definition) is 2. The second-order valence-electron chi connectivity index (χ2n) is 19.5. The van der Waals surface area contributed by atoms with E-state index in [1.54, 1.807) is 16.3 Å². The highest BCUT2D eigenvalue weighted by Crippen LogP contribution is 2.48. The number of imidazole rings is 2. The number of aromatic amines is 1. The number of aromatic nitrogens is 6. The maximum Gasteiger partial charge on any atom is 0.420 e. The lowest BCUT2D eigenvalue weighted by atomic mass is 9.79. The molecule has 15 heteroatoms. The van der Waals surface area contributed by atoms with E-state index in [0.717, 1.165) is 112 Å². The molecule has 67 heavy (non-hydrogen) atoms. The fourth-order valence-corrected chi connectivity index (χ4v) is 10.5. The van der Waals surface area contributed by atoms with Crippen molar-refractivity contribution >= 4 is 45.7 Å². The van der Waals surface area contributed by atoms with Crippen LogP contribution in [0.2, 0.25) is 0 Å². The van der Waals surface area contributed by atoms with Crippen LogP contribution >= 0.6 is 11.8 Å². The summed E-state index contributed by atoms with van der Waals surface area (Å²) in [6.45, 7) is 14.3. The SMILES string of the molecule is CSc1ccccc1C(O)(c1cc(-c2c(C)noc2C)cc2[nH]c(C3CC3)nc12)C1CCCO1.Cc1noc(C)c1-c1cc(C(=O)C2CCCO2)c2nc(C3CC3)n(C(=O)OC(C)(C)C)c2c1. The van der Waals surface area contributed by atoms with E-state index in [0.29, 0.717) is 59.4 Å². The summed E-state index contributed by atoms with van der Waals surface area (Å²) in [5.41, 5.74) is 7.92. The number of rotatable bonds is 10. The van der Waals surface area contributed by atoms with Gasteiger partial charge >= 0.3 is 6.09 Å². The van der Waals surface area contributed by atoms with E-state index in [-0.39, 0.29) is 17.8 Å². The van der Waals surface area contributed by atoms with Crippen molar-refractivity contribution in [1.29, 1.82) is 0 Å². The highest BCUT2D eigenvalue weighted by atomic mass is 32.2. The third-order valence-electron chi connectivity index (χ3n) is 13.3. The standard InChI is InChI=1S/C27H29N3O3S.C25H29N3O5/c1-15-24(16(2)33-30-15)18-13-20(25-21(14-18)28-26(29-25)17-10-11-17)27(31,23-9-6-12-32-23)19-7-4-5-8-22(19)34-3;1-13-20(14(2)33-27-13)16-11-17(22(29)19-7-6-10-31-19)21-18(12-16)28(23(26-21)15-8-9-15)24(30)32-25(3,4)5/h4-5,7-8,13-14,17,23,31H,6,9-12H2,1-3H3,(H,28,29);11-12,15,19H,6-10H2,1-5H3. The van der Waals surface area contributed by atoms with Crippen LogP contribution in [0.1, 0.15) is 140 Å². The molecular weight excluding hydrogens is 869 g/mol. The zero-order chi connectivity index (χ0) is 46.9. The van der Waals surface area contributed by atoms with Crippen LogP contribution in [0.15, 0.2) is 62.5 Å². The van der Waals surface area contributed by atoms with Crippen molar-refractivity contribution in [2.45, 2.75) is 140 Å². The van der Waals surface area contributed by atoms with Gasteiger partial charge < -0.3 is 33.3 Å². The first-order valence-corrected chi connectivity index (χ1v) is 24.7. The lowest BCUT2D eigenvalue weighted by molar-refractivity contribution is -0.0626. The van der Waals surface area contributed by atoms with Gasteiger partial charge in [-0.05, 0) is 148 Å². The number of Topliss-reactive ketones (excluding diaryl/α,β-unsaturated/α-hetero) is 1. The van der Waals surface area contributed by atoms with Gasteiger partial charge in [-0.15, -0.1) is 11.8 Å². The van der Waals surface area contributed by atoms with Crippen LogP contribution in [-0.4, -0.2) is 84.1 Å². The Hall–Kier alpha value is -5.61. The predicted molar refractivity (Wildman–Crippen MR) is 255 cm³/mol. The molecule has 0 spiro atoms. The molecule has 2 saturated heterocycles. The zero-order valence-corrected chi connectivity index (χ0v) is 40.3. The van der Waals surface area contributed by atoms with Gasteiger partial charge in [0.1, 0.15) is 46.0 Å². The van der Waals surface area contributed by atoms with Crippen LogP contribution in [0.4, 0.5) is 4.79 Å². The first kappa shape index (κ1) is 45.2. The van der Waals surface area contributed by atoms with Crippen molar-refractivity contribution in [3.8, 4) is 22.3 Å². The van der Waals surface area contributed by atoms with Gasteiger partial charge in [-0.2, -0.15) is 0 Å². The quantitative estimate of drug-likeness (QED) is 0.0978. The molecule has 3 unspecified atom stereocenters. The van der Waals surface area contributed by atoms with Gasteiger partial charge in [0, 0.05) is 57.8 Å². The Bertz CT molecular complexity index is 2990. The Labute approximate surface area is 393 Å². The number of carbonyl (C=O) groups is 2. The topological polar surface area (TPSA) is 181 Å². The van der Waals surface area contributed by atoms with Crippen molar-refractivity contribution in [2.24, 2.45) is 0 Å². The third kappa shape index (κ3) is 8.42. The highest BCUT2D eigenvalue weighted by Gasteiger charge is 2.46. The maximum atomic E-state index is 13.5. The summed E-state index contributed by atoms with van der Waals surface area (Å²) in [6, 6.07) is 16.0. The van der Waals surface area contributed by atoms with E-state index in [2.05, 4.69) is 33.5 Å². The number of ether oxygens (including phenoxy) is 3. The molecule has 4 fully saturated rings. The molecule has 3 atom stereocenters. The van der Waals surface area contributed by atoms with E-state index in [4.69, 9.17) is 33.2 Å². The number of carbonyl (C=O) groups excluding carboxylic acids is 2. The minimum atomic E-state index is -1.35. The number of hydrogen-bond acceptors (Lipinski definition) is 13.